The van der Waals surface area contributed by atoms with E-state index in [1.165, 1.54) is 17.3 Å². The molecule has 0 saturated carbocycles. The number of benzene rings is 1. The molecule has 0 atom stereocenters. The van der Waals surface area contributed by atoms with Crippen LogP contribution in [0.4, 0.5) is 5.69 Å². The van der Waals surface area contributed by atoms with Crippen molar-refractivity contribution in [1.82, 2.24) is 9.78 Å². The van der Waals surface area contributed by atoms with E-state index in [-0.39, 0.29) is 5.56 Å². The first-order valence-corrected chi connectivity index (χ1v) is 6.42. The second-order valence-electron chi connectivity index (χ2n) is 5.14. The summed E-state index contributed by atoms with van der Waals surface area (Å²) in [5.41, 5.74) is 4.40. The van der Waals surface area contributed by atoms with Gasteiger partial charge in [-0.3, -0.25) is 4.68 Å². The number of aryl methyl sites for hydroxylation is 3. The quantitative estimate of drug-likeness (QED) is 0.929. The molecule has 1 aromatic carbocycles. The predicted octanol–water partition coefficient (Wildman–Crippen LogP) is 2.37. The maximum Gasteiger partial charge on any atom is 0.339 e. The van der Waals surface area contributed by atoms with E-state index >= 15 is 0 Å². The fourth-order valence-electron chi connectivity index (χ4n) is 2.32. The van der Waals surface area contributed by atoms with Crippen LogP contribution in [0.5, 0.6) is 0 Å². The van der Waals surface area contributed by atoms with Crippen LogP contribution in [0.1, 0.15) is 27.2 Å². The predicted molar refractivity (Wildman–Crippen MR) is 78.2 cm³/mol. The maximum atomic E-state index is 11.2. The molecule has 1 heterocycles. The standard InChI is InChI=1S/C15H19N3O2/c1-10-5-11(2)7-12(6-10)17(3)9-14-13(15(19)20)8-16-18(14)4/h5-8H,9H2,1-4H3,(H,19,20). The third-order valence-corrected chi connectivity index (χ3v) is 3.33. The van der Waals surface area contributed by atoms with Crippen molar-refractivity contribution in [2.45, 2.75) is 20.4 Å². The lowest BCUT2D eigenvalue weighted by molar-refractivity contribution is 0.0695. The van der Waals surface area contributed by atoms with E-state index in [1.807, 2.05) is 11.9 Å². The lowest BCUT2D eigenvalue weighted by Crippen LogP contribution is -2.20. The first-order chi connectivity index (χ1) is 9.38. The van der Waals surface area contributed by atoms with Crippen LogP contribution in [0.15, 0.2) is 24.4 Å². The van der Waals surface area contributed by atoms with E-state index in [0.29, 0.717) is 12.2 Å². The summed E-state index contributed by atoms with van der Waals surface area (Å²) < 4.78 is 1.61. The van der Waals surface area contributed by atoms with Gasteiger partial charge in [-0.15, -0.1) is 0 Å². The number of rotatable bonds is 4. The van der Waals surface area contributed by atoms with Crippen LogP contribution in [0.25, 0.3) is 0 Å². The van der Waals surface area contributed by atoms with Crippen LogP contribution in [0.3, 0.4) is 0 Å². The number of carbonyl (C=O) groups is 1. The molecular weight excluding hydrogens is 254 g/mol. The van der Waals surface area contributed by atoms with Gasteiger partial charge < -0.3 is 10.0 Å². The molecule has 106 valence electrons. The fourth-order valence-corrected chi connectivity index (χ4v) is 2.32. The van der Waals surface area contributed by atoms with Gasteiger partial charge in [-0.05, 0) is 37.1 Å². The molecule has 0 spiro atoms. The smallest absolute Gasteiger partial charge is 0.339 e. The second-order valence-corrected chi connectivity index (χ2v) is 5.14. The highest BCUT2D eigenvalue weighted by Crippen LogP contribution is 2.20. The van der Waals surface area contributed by atoms with E-state index in [2.05, 4.69) is 37.1 Å². The Labute approximate surface area is 118 Å². The zero-order valence-corrected chi connectivity index (χ0v) is 12.2. The van der Waals surface area contributed by atoms with Gasteiger partial charge in [0.15, 0.2) is 0 Å². The third kappa shape index (κ3) is 2.82. The van der Waals surface area contributed by atoms with E-state index in [9.17, 15) is 9.90 Å². The molecule has 0 aliphatic heterocycles. The Morgan fingerprint density at radius 1 is 1.30 bits per heavy atom. The monoisotopic (exact) mass is 273 g/mol. The van der Waals surface area contributed by atoms with Crippen LogP contribution in [0, 0.1) is 13.8 Å². The van der Waals surface area contributed by atoms with E-state index in [4.69, 9.17) is 0 Å². The summed E-state index contributed by atoms with van der Waals surface area (Å²) in [6.45, 7) is 4.61. The summed E-state index contributed by atoms with van der Waals surface area (Å²) in [7, 11) is 3.71. The van der Waals surface area contributed by atoms with Gasteiger partial charge in [-0.2, -0.15) is 5.10 Å². The average molecular weight is 273 g/mol. The highest BCUT2D eigenvalue weighted by atomic mass is 16.4. The molecule has 1 N–H and O–H groups in total. The van der Waals surface area contributed by atoms with Crippen molar-refractivity contribution in [1.29, 1.82) is 0 Å². The summed E-state index contributed by atoms with van der Waals surface area (Å²) in [4.78, 5) is 13.2. The number of hydrogen-bond donors (Lipinski definition) is 1. The van der Waals surface area contributed by atoms with E-state index < -0.39 is 5.97 Å². The molecule has 0 aliphatic carbocycles. The van der Waals surface area contributed by atoms with Gasteiger partial charge in [-0.25, -0.2) is 4.79 Å². The molecule has 0 aliphatic rings. The summed E-state index contributed by atoms with van der Waals surface area (Å²) in [6, 6.07) is 6.29. The number of anilines is 1. The SMILES string of the molecule is Cc1cc(C)cc(N(C)Cc2c(C(=O)O)cnn2C)c1. The normalized spacial score (nSPS) is 10.6. The Balaban J connectivity index is 2.30. The van der Waals surface area contributed by atoms with Gasteiger partial charge in [0.25, 0.3) is 0 Å². The first-order valence-electron chi connectivity index (χ1n) is 6.42. The first kappa shape index (κ1) is 14.1. The fraction of sp³-hybridized carbons (Fsp3) is 0.333. The molecule has 20 heavy (non-hydrogen) atoms. The number of carboxylic acid groups (broad SMARTS) is 1. The van der Waals surface area contributed by atoms with Crippen LogP contribution in [-0.4, -0.2) is 27.9 Å². The summed E-state index contributed by atoms with van der Waals surface area (Å²) in [5, 5.41) is 13.2. The van der Waals surface area contributed by atoms with Gasteiger partial charge in [0, 0.05) is 19.8 Å². The Morgan fingerprint density at radius 2 is 1.90 bits per heavy atom. The van der Waals surface area contributed by atoms with Crippen molar-refractivity contribution < 1.29 is 9.90 Å². The van der Waals surface area contributed by atoms with Crippen LogP contribution in [-0.2, 0) is 13.6 Å². The lowest BCUT2D eigenvalue weighted by atomic mass is 10.1. The van der Waals surface area contributed by atoms with Crippen LogP contribution in [0.2, 0.25) is 0 Å². The molecule has 2 aromatic rings. The van der Waals surface area contributed by atoms with Crippen molar-refractivity contribution in [3.8, 4) is 0 Å². The molecule has 5 nitrogen and oxygen atoms in total. The second kappa shape index (κ2) is 5.36. The van der Waals surface area contributed by atoms with Gasteiger partial charge in [0.05, 0.1) is 18.4 Å². The zero-order chi connectivity index (χ0) is 14.9. The molecule has 0 amide bonds. The minimum Gasteiger partial charge on any atom is -0.478 e. The maximum absolute atomic E-state index is 11.2. The molecular formula is C15H19N3O2. The van der Waals surface area contributed by atoms with Crippen molar-refractivity contribution >= 4 is 11.7 Å². The van der Waals surface area contributed by atoms with E-state index in [0.717, 1.165) is 5.69 Å². The number of aromatic nitrogens is 2. The van der Waals surface area contributed by atoms with E-state index in [1.54, 1.807) is 11.7 Å². The van der Waals surface area contributed by atoms with Gasteiger partial charge in [0.1, 0.15) is 5.56 Å². The number of hydrogen-bond acceptors (Lipinski definition) is 3. The minimum atomic E-state index is -0.943. The Morgan fingerprint density at radius 3 is 2.45 bits per heavy atom. The largest absolute Gasteiger partial charge is 0.478 e. The van der Waals surface area contributed by atoms with Crippen LogP contribution >= 0.6 is 0 Å². The molecule has 0 fully saturated rings. The van der Waals surface area contributed by atoms with Crippen LogP contribution < -0.4 is 4.90 Å². The summed E-state index contributed by atoms with van der Waals surface area (Å²) in [5.74, 6) is -0.943. The number of nitrogens with zero attached hydrogens (tertiary/aromatic N) is 3. The topological polar surface area (TPSA) is 58.4 Å². The number of aromatic carboxylic acids is 1. The zero-order valence-electron chi connectivity index (χ0n) is 12.2. The highest BCUT2D eigenvalue weighted by Gasteiger charge is 2.16. The molecule has 2 rings (SSSR count). The van der Waals surface area contributed by atoms with Crippen molar-refractivity contribution in [2.75, 3.05) is 11.9 Å². The molecule has 0 bridgehead atoms. The van der Waals surface area contributed by atoms with Gasteiger partial charge >= 0.3 is 5.97 Å². The summed E-state index contributed by atoms with van der Waals surface area (Å²) in [6.07, 6.45) is 1.40. The minimum absolute atomic E-state index is 0.253. The molecule has 5 heteroatoms. The summed E-state index contributed by atoms with van der Waals surface area (Å²) >= 11 is 0. The number of carboxylic acids is 1. The third-order valence-electron chi connectivity index (χ3n) is 3.33. The molecule has 1 aromatic heterocycles. The molecule has 0 radical (unpaired) electrons. The molecule has 0 unspecified atom stereocenters. The van der Waals surface area contributed by atoms with Crippen molar-refractivity contribution in [2.24, 2.45) is 7.05 Å². The Bertz CT molecular complexity index is 626. The average Bonchev–Trinajstić information content (AvgIpc) is 2.70. The van der Waals surface area contributed by atoms with Crippen molar-refractivity contribution in [3.05, 3.63) is 46.8 Å². The highest BCUT2D eigenvalue weighted by molar-refractivity contribution is 5.88. The Kier molecular flexibility index (Phi) is 3.79. The van der Waals surface area contributed by atoms with Gasteiger partial charge in [0.2, 0.25) is 0 Å². The lowest BCUT2D eigenvalue weighted by Gasteiger charge is -2.21. The Hall–Kier alpha value is -2.30. The van der Waals surface area contributed by atoms with Gasteiger partial charge in [-0.1, -0.05) is 6.07 Å². The van der Waals surface area contributed by atoms with Crippen molar-refractivity contribution in [3.63, 3.8) is 0 Å². The molecule has 0 saturated heterocycles.